The maximum absolute atomic E-state index is 8.95. The summed E-state index contributed by atoms with van der Waals surface area (Å²) in [5.41, 5.74) is 1.22. The Morgan fingerprint density at radius 2 is 2.22 bits per heavy atom. The monoisotopic (exact) mass is 265 g/mol. The van der Waals surface area contributed by atoms with Crippen LogP contribution in [0.5, 0.6) is 0 Å². The lowest BCUT2D eigenvalue weighted by Crippen LogP contribution is -2.29. The Hall–Kier alpha value is -0.940. The predicted octanol–water partition coefficient (Wildman–Crippen LogP) is 4.17. The standard InChI is InChI=1S/C15H20ClNO/c1-10-3-4-11(2)15(7-10)18-13-6-5-12(9-17)14(16)8-13/h4,7,10,12-14H,3,5-6,8H2,1-2H3/t10?,12?,13-,14?/m1/s1. The second-order valence-electron chi connectivity index (χ2n) is 5.44. The van der Waals surface area contributed by atoms with Crippen LogP contribution < -0.4 is 0 Å². The van der Waals surface area contributed by atoms with Gasteiger partial charge in [0, 0.05) is 6.42 Å². The summed E-state index contributed by atoms with van der Waals surface area (Å²) >= 11 is 6.22. The highest BCUT2D eigenvalue weighted by molar-refractivity contribution is 6.21. The first kappa shape index (κ1) is 13.5. The number of allylic oxidation sites excluding steroid dienone is 3. The average molecular weight is 266 g/mol. The van der Waals surface area contributed by atoms with E-state index < -0.39 is 0 Å². The lowest BCUT2D eigenvalue weighted by atomic mass is 9.87. The van der Waals surface area contributed by atoms with Crippen molar-refractivity contribution in [2.45, 2.75) is 51.0 Å². The first-order chi connectivity index (χ1) is 8.60. The lowest BCUT2D eigenvalue weighted by Gasteiger charge is -2.31. The number of alkyl halides is 1. The van der Waals surface area contributed by atoms with Gasteiger partial charge in [-0.3, -0.25) is 0 Å². The summed E-state index contributed by atoms with van der Waals surface area (Å²) < 4.78 is 6.08. The zero-order valence-electron chi connectivity index (χ0n) is 11.0. The molecule has 3 heteroatoms. The topological polar surface area (TPSA) is 33.0 Å². The van der Waals surface area contributed by atoms with Crippen LogP contribution in [-0.2, 0) is 4.74 Å². The Morgan fingerprint density at radius 1 is 1.44 bits per heavy atom. The van der Waals surface area contributed by atoms with Crippen LogP contribution in [-0.4, -0.2) is 11.5 Å². The molecule has 98 valence electrons. The van der Waals surface area contributed by atoms with Crippen molar-refractivity contribution in [2.75, 3.05) is 0 Å². The van der Waals surface area contributed by atoms with Gasteiger partial charge in [-0.1, -0.05) is 13.0 Å². The number of nitrogens with zero attached hydrogens (tertiary/aromatic N) is 1. The van der Waals surface area contributed by atoms with Gasteiger partial charge in [-0.15, -0.1) is 11.6 Å². The maximum atomic E-state index is 8.95. The molecule has 0 aliphatic heterocycles. The van der Waals surface area contributed by atoms with Crippen LogP contribution >= 0.6 is 11.6 Å². The Morgan fingerprint density at radius 3 is 2.89 bits per heavy atom. The van der Waals surface area contributed by atoms with Gasteiger partial charge in [-0.05, 0) is 43.8 Å². The summed E-state index contributed by atoms with van der Waals surface area (Å²) in [7, 11) is 0. The summed E-state index contributed by atoms with van der Waals surface area (Å²) in [6.07, 6.45) is 8.25. The van der Waals surface area contributed by atoms with Gasteiger partial charge < -0.3 is 4.74 Å². The Balaban J connectivity index is 1.95. The molecule has 1 fully saturated rings. The van der Waals surface area contributed by atoms with Gasteiger partial charge in [0.05, 0.1) is 17.4 Å². The molecule has 2 nitrogen and oxygen atoms in total. The van der Waals surface area contributed by atoms with E-state index in [9.17, 15) is 0 Å². The number of rotatable bonds is 2. The van der Waals surface area contributed by atoms with E-state index in [1.54, 1.807) is 0 Å². The molecule has 0 amide bonds. The van der Waals surface area contributed by atoms with Crippen molar-refractivity contribution in [1.82, 2.24) is 0 Å². The van der Waals surface area contributed by atoms with Crippen LogP contribution in [0.25, 0.3) is 0 Å². The third-order valence-corrected chi connectivity index (χ3v) is 4.29. The van der Waals surface area contributed by atoms with Crippen molar-refractivity contribution in [2.24, 2.45) is 11.8 Å². The fourth-order valence-corrected chi connectivity index (χ4v) is 2.95. The Labute approximate surface area is 114 Å². The molecular weight excluding hydrogens is 246 g/mol. The summed E-state index contributed by atoms with van der Waals surface area (Å²) in [5, 5.41) is 8.88. The third kappa shape index (κ3) is 3.09. The number of hydrogen-bond acceptors (Lipinski definition) is 2. The molecule has 3 unspecified atom stereocenters. The number of ether oxygens (including phenoxy) is 1. The molecule has 0 aromatic rings. The van der Waals surface area contributed by atoms with Crippen LogP contribution in [0.4, 0.5) is 0 Å². The summed E-state index contributed by atoms with van der Waals surface area (Å²) in [5.74, 6) is 1.55. The molecule has 4 atom stereocenters. The molecule has 0 aromatic carbocycles. The molecule has 0 radical (unpaired) electrons. The number of halogens is 1. The molecule has 0 heterocycles. The SMILES string of the molecule is CC1=CCC(C)C=C1O[C@@H]1CCC(C#N)C(Cl)C1. The van der Waals surface area contributed by atoms with Crippen molar-refractivity contribution >= 4 is 11.6 Å². The van der Waals surface area contributed by atoms with Gasteiger partial charge in [0.25, 0.3) is 0 Å². The average Bonchev–Trinajstić information content (AvgIpc) is 2.34. The molecule has 18 heavy (non-hydrogen) atoms. The predicted molar refractivity (Wildman–Crippen MR) is 73.1 cm³/mol. The van der Waals surface area contributed by atoms with E-state index in [1.165, 1.54) is 5.57 Å². The van der Waals surface area contributed by atoms with Gasteiger partial charge in [0.2, 0.25) is 0 Å². The zero-order valence-corrected chi connectivity index (χ0v) is 11.8. The van der Waals surface area contributed by atoms with E-state index in [0.717, 1.165) is 31.4 Å². The fourth-order valence-electron chi connectivity index (χ4n) is 2.56. The van der Waals surface area contributed by atoms with Crippen LogP contribution in [0.3, 0.4) is 0 Å². The van der Waals surface area contributed by atoms with Crippen LogP contribution in [0.2, 0.25) is 0 Å². The van der Waals surface area contributed by atoms with Crippen molar-refractivity contribution in [1.29, 1.82) is 5.26 Å². The zero-order chi connectivity index (χ0) is 13.1. The highest BCUT2D eigenvalue weighted by Gasteiger charge is 2.30. The molecule has 0 aromatic heterocycles. The molecule has 0 bridgehead atoms. The molecule has 0 spiro atoms. The first-order valence-corrected chi connectivity index (χ1v) is 7.13. The minimum Gasteiger partial charge on any atom is -0.490 e. The molecular formula is C15H20ClNO. The minimum atomic E-state index is -0.0698. The van der Waals surface area contributed by atoms with E-state index in [1.807, 2.05) is 0 Å². The lowest BCUT2D eigenvalue weighted by molar-refractivity contribution is 0.0790. The number of hydrogen-bond donors (Lipinski definition) is 0. The maximum Gasteiger partial charge on any atom is 0.118 e. The minimum absolute atomic E-state index is 0.0117. The van der Waals surface area contributed by atoms with E-state index in [-0.39, 0.29) is 17.4 Å². The molecule has 0 saturated heterocycles. The normalized spacial score (nSPS) is 36.3. The summed E-state index contributed by atoms with van der Waals surface area (Å²) in [6, 6.07) is 2.28. The van der Waals surface area contributed by atoms with E-state index in [2.05, 4.69) is 32.1 Å². The van der Waals surface area contributed by atoms with Gasteiger partial charge >= 0.3 is 0 Å². The van der Waals surface area contributed by atoms with Gasteiger partial charge in [-0.25, -0.2) is 0 Å². The Kier molecular flexibility index (Phi) is 4.35. The fraction of sp³-hybridized carbons (Fsp3) is 0.667. The van der Waals surface area contributed by atoms with Gasteiger partial charge in [0.15, 0.2) is 0 Å². The van der Waals surface area contributed by atoms with Gasteiger partial charge in [-0.2, -0.15) is 5.26 Å². The summed E-state index contributed by atoms with van der Waals surface area (Å²) in [4.78, 5) is 0. The quantitative estimate of drug-likeness (QED) is 0.702. The van der Waals surface area contributed by atoms with Crippen molar-refractivity contribution in [3.8, 4) is 6.07 Å². The second kappa shape index (κ2) is 5.80. The van der Waals surface area contributed by atoms with E-state index >= 15 is 0 Å². The largest absolute Gasteiger partial charge is 0.490 e. The van der Waals surface area contributed by atoms with E-state index in [4.69, 9.17) is 21.6 Å². The molecule has 1 saturated carbocycles. The van der Waals surface area contributed by atoms with Crippen molar-refractivity contribution in [3.05, 3.63) is 23.5 Å². The van der Waals surface area contributed by atoms with E-state index in [0.29, 0.717) is 5.92 Å². The molecule has 2 aliphatic carbocycles. The first-order valence-electron chi connectivity index (χ1n) is 6.69. The molecule has 0 N–H and O–H groups in total. The second-order valence-corrected chi connectivity index (χ2v) is 6.00. The van der Waals surface area contributed by atoms with Gasteiger partial charge in [0.1, 0.15) is 11.9 Å². The van der Waals surface area contributed by atoms with Crippen LogP contribution in [0.15, 0.2) is 23.5 Å². The number of nitriles is 1. The highest BCUT2D eigenvalue weighted by atomic mass is 35.5. The van der Waals surface area contributed by atoms with Crippen molar-refractivity contribution < 1.29 is 4.74 Å². The Bertz CT molecular complexity index is 407. The highest BCUT2D eigenvalue weighted by Crippen LogP contribution is 2.33. The third-order valence-electron chi connectivity index (χ3n) is 3.80. The molecule has 2 rings (SSSR count). The van der Waals surface area contributed by atoms with Crippen LogP contribution in [0, 0.1) is 23.2 Å². The van der Waals surface area contributed by atoms with Crippen molar-refractivity contribution in [3.63, 3.8) is 0 Å². The van der Waals surface area contributed by atoms with Crippen LogP contribution in [0.1, 0.15) is 39.5 Å². The smallest absolute Gasteiger partial charge is 0.118 e. The molecule has 2 aliphatic rings. The summed E-state index contributed by atoms with van der Waals surface area (Å²) in [6.45, 7) is 4.29.